The number of non-ortho nitro benzene ring substituents is 2. The van der Waals surface area contributed by atoms with Gasteiger partial charge in [0, 0.05) is 12.1 Å². The Bertz CT molecular complexity index is 772. The molecule has 0 aliphatic rings. The summed E-state index contributed by atoms with van der Waals surface area (Å²) in [4.78, 5) is 32.4. The van der Waals surface area contributed by atoms with Crippen LogP contribution in [-0.2, 0) is 10.4 Å². The molecular weight excluding hydrogens is 318 g/mol. The van der Waals surface area contributed by atoms with Gasteiger partial charge in [0.25, 0.3) is 17.3 Å². The lowest BCUT2D eigenvalue weighted by Crippen LogP contribution is -2.37. The maximum atomic E-state index is 12.3. The third-order valence-electron chi connectivity index (χ3n) is 3.36. The number of hydrogen-bond donors (Lipinski definition) is 2. The third kappa shape index (κ3) is 3.52. The summed E-state index contributed by atoms with van der Waals surface area (Å²) in [5, 5.41) is 34.4. The summed E-state index contributed by atoms with van der Waals surface area (Å²) >= 11 is 0. The van der Waals surface area contributed by atoms with E-state index in [4.69, 9.17) is 0 Å². The fourth-order valence-corrected chi connectivity index (χ4v) is 2.02. The molecule has 2 N–H and O–H groups in total. The van der Waals surface area contributed by atoms with Crippen molar-refractivity contribution in [1.82, 2.24) is 0 Å². The van der Waals surface area contributed by atoms with Gasteiger partial charge >= 0.3 is 0 Å². The Balaban J connectivity index is 2.35. The predicted molar refractivity (Wildman–Crippen MR) is 84.4 cm³/mol. The van der Waals surface area contributed by atoms with E-state index in [-0.39, 0.29) is 5.69 Å². The Hall–Kier alpha value is -3.33. The van der Waals surface area contributed by atoms with E-state index in [0.717, 1.165) is 18.2 Å². The van der Waals surface area contributed by atoms with E-state index < -0.39 is 32.7 Å². The Labute approximate surface area is 135 Å². The molecule has 0 aliphatic carbocycles. The zero-order valence-corrected chi connectivity index (χ0v) is 12.5. The summed E-state index contributed by atoms with van der Waals surface area (Å²) in [6, 6.07) is 10.8. The van der Waals surface area contributed by atoms with E-state index in [1.165, 1.54) is 19.1 Å². The van der Waals surface area contributed by atoms with E-state index in [1.807, 2.05) is 0 Å². The lowest BCUT2D eigenvalue weighted by molar-refractivity contribution is -0.394. The molecule has 0 aromatic heterocycles. The topological polar surface area (TPSA) is 136 Å². The molecular formula is C15H13N3O6. The first-order chi connectivity index (χ1) is 11.2. The second-order valence-electron chi connectivity index (χ2n) is 5.14. The zero-order valence-electron chi connectivity index (χ0n) is 12.5. The number of rotatable bonds is 5. The molecule has 0 bridgehead atoms. The Kier molecular flexibility index (Phi) is 4.56. The van der Waals surface area contributed by atoms with Crippen molar-refractivity contribution in [2.75, 3.05) is 5.32 Å². The second-order valence-corrected chi connectivity index (χ2v) is 5.14. The smallest absolute Gasteiger partial charge is 0.278 e. The second kappa shape index (κ2) is 6.42. The quantitative estimate of drug-likeness (QED) is 0.637. The number of carbonyl (C=O) groups is 1. The summed E-state index contributed by atoms with van der Waals surface area (Å²) in [6.07, 6.45) is 0. The largest absolute Gasteiger partial charge is 0.376 e. The fraction of sp³-hybridized carbons (Fsp3) is 0.133. The zero-order chi connectivity index (χ0) is 17.9. The van der Waals surface area contributed by atoms with Gasteiger partial charge in [-0.05, 0) is 12.5 Å². The molecule has 9 heteroatoms. The number of hydrogen-bond acceptors (Lipinski definition) is 6. The van der Waals surface area contributed by atoms with Crippen molar-refractivity contribution in [2.24, 2.45) is 0 Å². The molecule has 0 heterocycles. The molecule has 2 aromatic rings. The van der Waals surface area contributed by atoms with Gasteiger partial charge in [-0.2, -0.15) is 0 Å². The molecule has 9 nitrogen and oxygen atoms in total. The molecule has 2 rings (SSSR count). The van der Waals surface area contributed by atoms with Gasteiger partial charge < -0.3 is 10.4 Å². The van der Waals surface area contributed by atoms with Crippen LogP contribution in [0.2, 0.25) is 0 Å². The molecule has 24 heavy (non-hydrogen) atoms. The molecule has 0 aliphatic heterocycles. The first-order valence-electron chi connectivity index (χ1n) is 6.75. The van der Waals surface area contributed by atoms with Crippen LogP contribution < -0.4 is 5.32 Å². The number of aliphatic hydroxyl groups is 1. The van der Waals surface area contributed by atoms with Crippen LogP contribution in [0.5, 0.6) is 0 Å². The molecule has 1 unspecified atom stereocenters. The van der Waals surface area contributed by atoms with Crippen molar-refractivity contribution in [3.63, 3.8) is 0 Å². The molecule has 0 saturated carbocycles. The highest BCUT2D eigenvalue weighted by atomic mass is 16.6. The lowest BCUT2D eigenvalue weighted by atomic mass is 9.95. The number of benzene rings is 2. The highest BCUT2D eigenvalue weighted by Crippen LogP contribution is 2.28. The minimum Gasteiger partial charge on any atom is -0.376 e. The maximum Gasteiger partial charge on any atom is 0.278 e. The van der Waals surface area contributed by atoms with Crippen molar-refractivity contribution in [3.8, 4) is 0 Å². The molecule has 0 saturated heterocycles. The minimum absolute atomic E-state index is 0.155. The van der Waals surface area contributed by atoms with Crippen molar-refractivity contribution in [3.05, 3.63) is 74.3 Å². The van der Waals surface area contributed by atoms with E-state index >= 15 is 0 Å². The highest BCUT2D eigenvalue weighted by molar-refractivity contribution is 5.98. The normalized spacial score (nSPS) is 12.9. The van der Waals surface area contributed by atoms with Crippen LogP contribution in [0.25, 0.3) is 0 Å². The Morgan fingerprint density at radius 2 is 1.54 bits per heavy atom. The van der Waals surface area contributed by atoms with Crippen LogP contribution in [0.4, 0.5) is 17.1 Å². The molecule has 124 valence electrons. The van der Waals surface area contributed by atoms with Gasteiger partial charge in [-0.3, -0.25) is 25.0 Å². The molecule has 0 fully saturated rings. The number of nitro groups is 2. The number of nitro benzene ring substituents is 2. The van der Waals surface area contributed by atoms with Crippen LogP contribution in [0, 0.1) is 20.2 Å². The molecule has 1 amide bonds. The maximum absolute atomic E-state index is 12.3. The van der Waals surface area contributed by atoms with Gasteiger partial charge in [0.1, 0.15) is 0 Å². The summed E-state index contributed by atoms with van der Waals surface area (Å²) in [6.45, 7) is 1.25. The summed E-state index contributed by atoms with van der Waals surface area (Å²) < 4.78 is 0. The van der Waals surface area contributed by atoms with Gasteiger partial charge in [-0.25, -0.2) is 0 Å². The number of nitrogens with one attached hydrogen (secondary N) is 1. The summed E-state index contributed by atoms with van der Waals surface area (Å²) in [7, 11) is 0. The standard InChI is InChI=1S/C15H13N3O6/c1-15(20,10-5-3-2-4-6-10)14(19)16-11-7-12(17(21)22)9-13(8-11)18(23)24/h2-9,20H,1H3,(H,16,19). The van der Waals surface area contributed by atoms with Crippen LogP contribution in [-0.4, -0.2) is 20.9 Å². The Morgan fingerprint density at radius 1 is 1.04 bits per heavy atom. The SMILES string of the molecule is CC(O)(C(=O)Nc1cc([N+](=O)[O-])cc([N+](=O)[O-])c1)c1ccccc1. The lowest BCUT2D eigenvalue weighted by Gasteiger charge is -2.22. The van der Waals surface area contributed by atoms with Crippen molar-refractivity contribution >= 4 is 23.0 Å². The van der Waals surface area contributed by atoms with Gasteiger partial charge in [-0.1, -0.05) is 30.3 Å². The van der Waals surface area contributed by atoms with E-state index in [0.29, 0.717) is 5.56 Å². The fourth-order valence-electron chi connectivity index (χ4n) is 2.02. The van der Waals surface area contributed by atoms with Crippen LogP contribution in [0.1, 0.15) is 12.5 Å². The van der Waals surface area contributed by atoms with Gasteiger partial charge in [0.15, 0.2) is 5.60 Å². The van der Waals surface area contributed by atoms with Crippen molar-refractivity contribution in [1.29, 1.82) is 0 Å². The average Bonchev–Trinajstić information content (AvgIpc) is 2.55. The van der Waals surface area contributed by atoms with Gasteiger partial charge in [0.2, 0.25) is 0 Å². The number of amides is 1. The molecule has 2 aromatic carbocycles. The average molecular weight is 331 g/mol. The number of carbonyl (C=O) groups excluding carboxylic acids is 1. The first-order valence-corrected chi connectivity index (χ1v) is 6.75. The molecule has 1 atom stereocenters. The number of anilines is 1. The van der Waals surface area contributed by atoms with Crippen LogP contribution in [0.15, 0.2) is 48.5 Å². The van der Waals surface area contributed by atoms with E-state index in [1.54, 1.807) is 18.2 Å². The Morgan fingerprint density at radius 3 is 2.00 bits per heavy atom. The third-order valence-corrected chi connectivity index (χ3v) is 3.36. The van der Waals surface area contributed by atoms with Crippen LogP contribution >= 0.6 is 0 Å². The predicted octanol–water partition coefficient (Wildman–Crippen LogP) is 2.35. The highest BCUT2D eigenvalue weighted by Gasteiger charge is 2.32. The monoisotopic (exact) mass is 331 g/mol. The summed E-state index contributed by atoms with van der Waals surface area (Å²) in [5.41, 5.74) is -2.85. The number of nitrogens with zero attached hydrogens (tertiary/aromatic N) is 2. The van der Waals surface area contributed by atoms with Crippen molar-refractivity contribution < 1.29 is 19.7 Å². The summed E-state index contributed by atoms with van der Waals surface area (Å²) in [5.74, 6) is -0.872. The van der Waals surface area contributed by atoms with E-state index in [9.17, 15) is 30.1 Å². The molecule has 0 spiro atoms. The van der Waals surface area contributed by atoms with Crippen LogP contribution in [0.3, 0.4) is 0 Å². The van der Waals surface area contributed by atoms with Gasteiger partial charge in [0.05, 0.1) is 21.6 Å². The van der Waals surface area contributed by atoms with Crippen molar-refractivity contribution in [2.45, 2.75) is 12.5 Å². The van der Waals surface area contributed by atoms with Gasteiger partial charge in [-0.15, -0.1) is 0 Å². The first kappa shape index (κ1) is 17.0. The minimum atomic E-state index is -1.92. The van der Waals surface area contributed by atoms with E-state index in [2.05, 4.69) is 5.32 Å². The molecule has 0 radical (unpaired) electrons.